The molecule has 1 rings (SSSR count). The van der Waals surface area contributed by atoms with Crippen molar-refractivity contribution >= 4 is 17.7 Å². The first-order valence-corrected chi connectivity index (χ1v) is 5.35. The van der Waals surface area contributed by atoms with Crippen LogP contribution in [0.5, 0.6) is 0 Å². The standard InChI is InChI=1S/C9H16O2S/c1-6(2)5-12-9(8(10)11)4-7(9)3/h6-7H,4-5H2,1-3H3,(H,10,11). The molecule has 2 atom stereocenters. The number of thioether (sulfide) groups is 1. The van der Waals surface area contributed by atoms with Crippen molar-refractivity contribution in [1.29, 1.82) is 0 Å². The maximum Gasteiger partial charge on any atom is 0.320 e. The normalized spacial score (nSPS) is 33.8. The van der Waals surface area contributed by atoms with Crippen LogP contribution < -0.4 is 0 Å². The highest BCUT2D eigenvalue weighted by Gasteiger charge is 2.58. The third-order valence-corrected chi connectivity index (χ3v) is 4.37. The Balaban J connectivity index is 2.43. The first-order chi connectivity index (χ1) is 5.49. The third kappa shape index (κ3) is 1.76. The van der Waals surface area contributed by atoms with Crippen molar-refractivity contribution in [3.8, 4) is 0 Å². The number of aliphatic carboxylic acids is 1. The van der Waals surface area contributed by atoms with Gasteiger partial charge in [-0.05, 0) is 24.0 Å². The van der Waals surface area contributed by atoms with Gasteiger partial charge in [0.25, 0.3) is 0 Å². The number of carboxylic acids is 1. The first kappa shape index (κ1) is 9.90. The first-order valence-electron chi connectivity index (χ1n) is 4.36. The monoisotopic (exact) mass is 188 g/mol. The van der Waals surface area contributed by atoms with Crippen LogP contribution in [0.4, 0.5) is 0 Å². The largest absolute Gasteiger partial charge is 0.480 e. The molecule has 0 amide bonds. The fourth-order valence-electron chi connectivity index (χ4n) is 1.27. The summed E-state index contributed by atoms with van der Waals surface area (Å²) in [6.07, 6.45) is 0.847. The maximum atomic E-state index is 10.9. The van der Waals surface area contributed by atoms with E-state index in [1.165, 1.54) is 0 Å². The van der Waals surface area contributed by atoms with E-state index in [-0.39, 0.29) is 0 Å². The zero-order chi connectivity index (χ0) is 9.35. The fraction of sp³-hybridized carbons (Fsp3) is 0.889. The van der Waals surface area contributed by atoms with E-state index in [1.54, 1.807) is 11.8 Å². The van der Waals surface area contributed by atoms with E-state index in [2.05, 4.69) is 13.8 Å². The van der Waals surface area contributed by atoms with E-state index in [9.17, 15) is 4.79 Å². The molecule has 1 aliphatic rings. The lowest BCUT2D eigenvalue weighted by atomic mass is 10.3. The summed E-state index contributed by atoms with van der Waals surface area (Å²) in [6.45, 7) is 6.26. The van der Waals surface area contributed by atoms with E-state index in [1.807, 2.05) is 6.92 Å². The van der Waals surface area contributed by atoms with E-state index >= 15 is 0 Å². The van der Waals surface area contributed by atoms with Gasteiger partial charge in [-0.1, -0.05) is 20.8 Å². The fourth-order valence-corrected chi connectivity index (χ4v) is 2.68. The van der Waals surface area contributed by atoms with Gasteiger partial charge in [0.05, 0.1) is 0 Å². The van der Waals surface area contributed by atoms with Gasteiger partial charge in [0.1, 0.15) is 4.75 Å². The smallest absolute Gasteiger partial charge is 0.320 e. The predicted molar refractivity (Wildman–Crippen MR) is 51.4 cm³/mol. The maximum absolute atomic E-state index is 10.9. The zero-order valence-electron chi connectivity index (χ0n) is 7.83. The zero-order valence-corrected chi connectivity index (χ0v) is 8.65. The number of hydrogen-bond donors (Lipinski definition) is 1. The average molecular weight is 188 g/mol. The Morgan fingerprint density at radius 3 is 2.50 bits per heavy atom. The third-order valence-electron chi connectivity index (χ3n) is 2.28. The van der Waals surface area contributed by atoms with Crippen molar-refractivity contribution in [3.05, 3.63) is 0 Å². The predicted octanol–water partition coefficient (Wildman–Crippen LogP) is 2.24. The van der Waals surface area contributed by atoms with Crippen molar-refractivity contribution in [2.75, 3.05) is 5.75 Å². The Hall–Kier alpha value is -0.180. The van der Waals surface area contributed by atoms with Crippen LogP contribution in [-0.2, 0) is 4.79 Å². The molecule has 2 nitrogen and oxygen atoms in total. The summed E-state index contributed by atoms with van der Waals surface area (Å²) in [7, 11) is 0. The molecule has 1 aliphatic carbocycles. The van der Waals surface area contributed by atoms with E-state index in [4.69, 9.17) is 5.11 Å². The molecular formula is C9H16O2S. The molecular weight excluding hydrogens is 172 g/mol. The quantitative estimate of drug-likeness (QED) is 0.735. The molecule has 2 unspecified atom stereocenters. The molecule has 12 heavy (non-hydrogen) atoms. The van der Waals surface area contributed by atoms with Gasteiger partial charge in [0.15, 0.2) is 0 Å². The van der Waals surface area contributed by atoms with Gasteiger partial charge in [-0.25, -0.2) is 0 Å². The summed E-state index contributed by atoms with van der Waals surface area (Å²) < 4.78 is -0.426. The number of carbonyl (C=O) groups is 1. The Labute approximate surface area is 77.7 Å². The molecule has 0 aliphatic heterocycles. The highest BCUT2D eigenvalue weighted by molar-refractivity contribution is 8.01. The molecule has 0 bridgehead atoms. The van der Waals surface area contributed by atoms with Gasteiger partial charge >= 0.3 is 5.97 Å². The Morgan fingerprint density at radius 1 is 1.75 bits per heavy atom. The summed E-state index contributed by atoms with van der Waals surface area (Å²) in [6, 6.07) is 0. The van der Waals surface area contributed by atoms with Crippen molar-refractivity contribution < 1.29 is 9.90 Å². The van der Waals surface area contributed by atoms with Gasteiger partial charge in [0.2, 0.25) is 0 Å². The summed E-state index contributed by atoms with van der Waals surface area (Å²) >= 11 is 1.61. The van der Waals surface area contributed by atoms with Crippen molar-refractivity contribution in [3.63, 3.8) is 0 Å². The van der Waals surface area contributed by atoms with E-state index in [0.717, 1.165) is 12.2 Å². The lowest BCUT2D eigenvalue weighted by Gasteiger charge is -2.12. The molecule has 1 fully saturated rings. The van der Waals surface area contributed by atoms with Crippen LogP contribution >= 0.6 is 11.8 Å². The van der Waals surface area contributed by atoms with Crippen LogP contribution in [0.15, 0.2) is 0 Å². The average Bonchev–Trinajstić information content (AvgIpc) is 2.59. The van der Waals surface area contributed by atoms with Gasteiger partial charge in [-0.2, -0.15) is 0 Å². The lowest BCUT2D eigenvalue weighted by Crippen LogP contribution is -2.21. The van der Waals surface area contributed by atoms with Gasteiger partial charge in [-0.3, -0.25) is 4.79 Å². The molecule has 1 saturated carbocycles. The second kappa shape index (κ2) is 3.29. The molecule has 1 N–H and O–H groups in total. The van der Waals surface area contributed by atoms with Gasteiger partial charge in [-0.15, -0.1) is 11.8 Å². The van der Waals surface area contributed by atoms with Crippen LogP contribution in [0.1, 0.15) is 27.2 Å². The summed E-state index contributed by atoms with van der Waals surface area (Å²) in [5.41, 5.74) is 0. The number of hydrogen-bond acceptors (Lipinski definition) is 2. The summed E-state index contributed by atoms with van der Waals surface area (Å²) in [5.74, 6) is 1.27. The number of rotatable bonds is 4. The van der Waals surface area contributed by atoms with Crippen molar-refractivity contribution in [2.45, 2.75) is 31.9 Å². The van der Waals surface area contributed by atoms with Crippen LogP contribution in [0.25, 0.3) is 0 Å². The molecule has 70 valence electrons. The molecule has 0 saturated heterocycles. The SMILES string of the molecule is CC(C)CSC1(C(=O)O)CC1C. The number of carboxylic acid groups (broad SMARTS) is 1. The van der Waals surface area contributed by atoms with Crippen LogP contribution in [0.3, 0.4) is 0 Å². The molecule has 0 spiro atoms. The Kier molecular flexibility index (Phi) is 2.71. The van der Waals surface area contributed by atoms with Crippen LogP contribution in [-0.4, -0.2) is 21.6 Å². The Morgan fingerprint density at radius 2 is 2.25 bits per heavy atom. The van der Waals surface area contributed by atoms with Crippen molar-refractivity contribution in [1.82, 2.24) is 0 Å². The highest BCUT2D eigenvalue weighted by atomic mass is 32.2. The minimum Gasteiger partial charge on any atom is -0.480 e. The topological polar surface area (TPSA) is 37.3 Å². The highest BCUT2D eigenvalue weighted by Crippen LogP contribution is 2.54. The molecule has 0 heterocycles. The minimum absolute atomic E-state index is 0.360. The molecule has 0 radical (unpaired) electrons. The van der Waals surface area contributed by atoms with Crippen LogP contribution in [0, 0.1) is 11.8 Å². The molecule has 3 heteroatoms. The molecule has 0 aromatic carbocycles. The summed E-state index contributed by atoms with van der Waals surface area (Å²) in [4.78, 5) is 10.9. The van der Waals surface area contributed by atoms with Gasteiger partial charge in [0, 0.05) is 0 Å². The van der Waals surface area contributed by atoms with Crippen molar-refractivity contribution in [2.24, 2.45) is 11.8 Å². The Bertz CT molecular complexity index is 191. The lowest BCUT2D eigenvalue weighted by molar-refractivity contribution is -0.137. The minimum atomic E-state index is -0.624. The second-order valence-corrected chi connectivity index (χ2v) is 5.36. The molecule has 0 aromatic rings. The van der Waals surface area contributed by atoms with Gasteiger partial charge < -0.3 is 5.11 Å². The summed E-state index contributed by atoms with van der Waals surface area (Å²) in [5, 5.41) is 8.97. The van der Waals surface area contributed by atoms with Crippen LogP contribution in [0.2, 0.25) is 0 Å². The molecule has 0 aromatic heterocycles. The van der Waals surface area contributed by atoms with E-state index < -0.39 is 10.7 Å². The second-order valence-electron chi connectivity index (χ2n) is 4.00. The van der Waals surface area contributed by atoms with E-state index in [0.29, 0.717) is 11.8 Å².